The van der Waals surface area contributed by atoms with Crippen molar-refractivity contribution in [1.29, 1.82) is 0 Å². The summed E-state index contributed by atoms with van der Waals surface area (Å²) in [6, 6.07) is 0. The number of carbonyl (C=O) groups excluding carboxylic acids is 1. The highest BCUT2D eigenvalue weighted by molar-refractivity contribution is 5.66. The molecule has 0 aromatic rings. The van der Waals surface area contributed by atoms with Crippen LogP contribution in [0, 0.1) is 5.92 Å². The molecule has 0 saturated heterocycles. The number of hydrogen-bond acceptors (Lipinski definition) is 3. The molecule has 0 fully saturated rings. The molecule has 82 valence electrons. The Morgan fingerprint density at radius 1 is 1.43 bits per heavy atom. The lowest BCUT2D eigenvalue weighted by atomic mass is 9.96. The van der Waals surface area contributed by atoms with Gasteiger partial charge in [-0.15, -0.1) is 0 Å². The van der Waals surface area contributed by atoms with E-state index < -0.39 is 0 Å². The Labute approximate surface area is 85.8 Å². The van der Waals surface area contributed by atoms with Crippen LogP contribution in [0.15, 0.2) is 12.2 Å². The summed E-state index contributed by atoms with van der Waals surface area (Å²) < 4.78 is 4.97. The molecule has 3 heteroatoms. The molecular formula is C11H20O3. The number of ether oxygens (including phenoxy) is 1. The van der Waals surface area contributed by atoms with Crippen LogP contribution >= 0.6 is 0 Å². The predicted octanol–water partition coefficient (Wildman–Crippen LogP) is 1.90. The van der Waals surface area contributed by atoms with Crippen molar-refractivity contribution in [2.45, 2.75) is 39.7 Å². The Balaban J connectivity index is 3.79. The molecule has 0 spiro atoms. The van der Waals surface area contributed by atoms with E-state index in [1.54, 1.807) is 0 Å². The number of aliphatic hydroxyl groups is 1. The number of hydrogen-bond donors (Lipinski definition) is 1. The van der Waals surface area contributed by atoms with E-state index in [-0.39, 0.29) is 24.6 Å². The largest absolute Gasteiger partial charge is 0.463 e. The van der Waals surface area contributed by atoms with E-state index in [0.29, 0.717) is 0 Å². The summed E-state index contributed by atoms with van der Waals surface area (Å²) in [6.45, 7) is 9.07. The van der Waals surface area contributed by atoms with Crippen molar-refractivity contribution in [3.63, 3.8) is 0 Å². The molecular weight excluding hydrogens is 180 g/mol. The van der Waals surface area contributed by atoms with E-state index in [4.69, 9.17) is 9.84 Å². The minimum Gasteiger partial charge on any atom is -0.463 e. The first kappa shape index (κ1) is 13.2. The van der Waals surface area contributed by atoms with E-state index in [1.807, 2.05) is 13.8 Å². The topological polar surface area (TPSA) is 46.5 Å². The number of rotatable bonds is 6. The lowest BCUT2D eigenvalue weighted by Crippen LogP contribution is -2.15. The SMILES string of the molecule is C=C(C)[C@@H](CO)CC[C@H](C)OC(C)=O. The predicted molar refractivity (Wildman–Crippen MR) is 55.9 cm³/mol. The van der Waals surface area contributed by atoms with Crippen LogP contribution in [0.25, 0.3) is 0 Å². The van der Waals surface area contributed by atoms with Gasteiger partial charge in [-0.25, -0.2) is 0 Å². The molecule has 0 aliphatic carbocycles. The third-order valence-corrected chi connectivity index (χ3v) is 2.21. The minimum atomic E-state index is -0.256. The Bertz CT molecular complexity index is 199. The van der Waals surface area contributed by atoms with Crippen molar-refractivity contribution in [3.8, 4) is 0 Å². The fraction of sp³-hybridized carbons (Fsp3) is 0.727. The Kier molecular flexibility index (Phi) is 6.21. The van der Waals surface area contributed by atoms with Gasteiger partial charge in [0.15, 0.2) is 0 Å². The number of esters is 1. The van der Waals surface area contributed by atoms with E-state index >= 15 is 0 Å². The average Bonchev–Trinajstić information content (AvgIpc) is 2.03. The highest BCUT2D eigenvalue weighted by atomic mass is 16.5. The molecule has 14 heavy (non-hydrogen) atoms. The fourth-order valence-electron chi connectivity index (χ4n) is 1.27. The smallest absolute Gasteiger partial charge is 0.302 e. The fourth-order valence-corrected chi connectivity index (χ4v) is 1.27. The number of carbonyl (C=O) groups is 1. The molecule has 0 bridgehead atoms. The molecule has 0 saturated carbocycles. The molecule has 1 N–H and O–H groups in total. The molecule has 0 aliphatic rings. The molecule has 0 aromatic carbocycles. The maximum absolute atomic E-state index is 10.6. The molecule has 0 aliphatic heterocycles. The van der Waals surface area contributed by atoms with E-state index in [0.717, 1.165) is 18.4 Å². The second-order valence-electron chi connectivity index (χ2n) is 3.72. The molecule has 0 radical (unpaired) electrons. The molecule has 3 nitrogen and oxygen atoms in total. The zero-order valence-electron chi connectivity index (χ0n) is 9.25. The maximum Gasteiger partial charge on any atom is 0.302 e. The second kappa shape index (κ2) is 6.60. The third-order valence-electron chi connectivity index (χ3n) is 2.21. The maximum atomic E-state index is 10.6. The first-order chi connectivity index (χ1) is 6.47. The van der Waals surface area contributed by atoms with Crippen LogP contribution in [0.2, 0.25) is 0 Å². The molecule has 0 amide bonds. The summed E-state index contributed by atoms with van der Waals surface area (Å²) in [5.74, 6) is -0.138. The van der Waals surface area contributed by atoms with Crippen molar-refractivity contribution >= 4 is 5.97 Å². The quantitative estimate of drug-likeness (QED) is 0.526. The number of aliphatic hydroxyl groups excluding tert-OH is 1. The standard InChI is InChI=1S/C11H20O3/c1-8(2)11(7-12)6-5-9(3)14-10(4)13/h9,11-12H,1,5-7H2,2-4H3/t9-,11+/m0/s1. The summed E-state index contributed by atoms with van der Waals surface area (Å²) >= 11 is 0. The minimum absolute atomic E-state index is 0.0825. The average molecular weight is 200 g/mol. The van der Waals surface area contributed by atoms with Crippen LogP contribution in [0.5, 0.6) is 0 Å². The van der Waals surface area contributed by atoms with Gasteiger partial charge in [-0.2, -0.15) is 0 Å². The van der Waals surface area contributed by atoms with Gasteiger partial charge in [-0.05, 0) is 26.7 Å². The van der Waals surface area contributed by atoms with Crippen molar-refractivity contribution in [3.05, 3.63) is 12.2 Å². The Hall–Kier alpha value is -0.830. The summed E-state index contributed by atoms with van der Waals surface area (Å²) in [4.78, 5) is 10.6. The first-order valence-corrected chi connectivity index (χ1v) is 4.90. The highest BCUT2D eigenvalue weighted by Gasteiger charge is 2.11. The van der Waals surface area contributed by atoms with Crippen LogP contribution in [0.4, 0.5) is 0 Å². The Morgan fingerprint density at radius 3 is 2.36 bits per heavy atom. The van der Waals surface area contributed by atoms with E-state index in [9.17, 15) is 4.79 Å². The summed E-state index contributed by atoms with van der Waals surface area (Å²) in [5, 5.41) is 9.02. The van der Waals surface area contributed by atoms with Crippen molar-refractivity contribution in [2.75, 3.05) is 6.61 Å². The van der Waals surface area contributed by atoms with E-state index in [2.05, 4.69) is 6.58 Å². The normalized spacial score (nSPS) is 14.6. The van der Waals surface area contributed by atoms with Gasteiger partial charge < -0.3 is 9.84 Å². The van der Waals surface area contributed by atoms with E-state index in [1.165, 1.54) is 6.92 Å². The molecule has 0 rings (SSSR count). The zero-order chi connectivity index (χ0) is 11.1. The van der Waals surface area contributed by atoms with Crippen LogP contribution < -0.4 is 0 Å². The Morgan fingerprint density at radius 2 is 2.00 bits per heavy atom. The van der Waals surface area contributed by atoms with Crippen molar-refractivity contribution in [2.24, 2.45) is 5.92 Å². The van der Waals surface area contributed by atoms with Gasteiger partial charge in [-0.3, -0.25) is 4.79 Å². The summed E-state index contributed by atoms with van der Waals surface area (Å²) in [7, 11) is 0. The molecule has 0 heterocycles. The van der Waals surface area contributed by atoms with Crippen LogP contribution in [-0.4, -0.2) is 23.8 Å². The van der Waals surface area contributed by atoms with Gasteiger partial charge in [0.25, 0.3) is 0 Å². The summed E-state index contributed by atoms with van der Waals surface area (Å²) in [6.07, 6.45) is 1.48. The van der Waals surface area contributed by atoms with Gasteiger partial charge in [0.2, 0.25) is 0 Å². The molecule has 0 aromatic heterocycles. The van der Waals surface area contributed by atoms with Crippen molar-refractivity contribution < 1.29 is 14.6 Å². The van der Waals surface area contributed by atoms with Gasteiger partial charge in [0.05, 0.1) is 6.10 Å². The lowest BCUT2D eigenvalue weighted by molar-refractivity contribution is -0.145. The summed E-state index contributed by atoms with van der Waals surface area (Å²) in [5.41, 5.74) is 0.975. The van der Waals surface area contributed by atoms with Crippen LogP contribution in [0.3, 0.4) is 0 Å². The zero-order valence-corrected chi connectivity index (χ0v) is 9.25. The third kappa shape index (κ3) is 5.75. The van der Waals surface area contributed by atoms with Gasteiger partial charge in [-0.1, -0.05) is 12.2 Å². The molecule has 2 atom stereocenters. The first-order valence-electron chi connectivity index (χ1n) is 4.90. The molecule has 0 unspecified atom stereocenters. The second-order valence-corrected chi connectivity index (χ2v) is 3.72. The van der Waals surface area contributed by atoms with Crippen LogP contribution in [0.1, 0.15) is 33.6 Å². The lowest BCUT2D eigenvalue weighted by Gasteiger charge is -2.17. The van der Waals surface area contributed by atoms with Gasteiger partial charge in [0.1, 0.15) is 0 Å². The van der Waals surface area contributed by atoms with Gasteiger partial charge >= 0.3 is 5.97 Å². The van der Waals surface area contributed by atoms with Gasteiger partial charge in [0, 0.05) is 19.4 Å². The monoisotopic (exact) mass is 200 g/mol. The van der Waals surface area contributed by atoms with Crippen molar-refractivity contribution in [1.82, 2.24) is 0 Å². The highest BCUT2D eigenvalue weighted by Crippen LogP contribution is 2.16. The van der Waals surface area contributed by atoms with Crippen LogP contribution in [-0.2, 0) is 9.53 Å².